The predicted molar refractivity (Wildman–Crippen MR) is 93.5 cm³/mol. The molecule has 128 valence electrons. The third-order valence-corrected chi connectivity index (χ3v) is 4.63. The molecule has 1 fully saturated rings. The fraction of sp³-hybridized carbons (Fsp3) is 0.500. The van der Waals surface area contributed by atoms with Crippen LogP contribution in [0.4, 0.5) is 0 Å². The maximum atomic E-state index is 13.0. The summed E-state index contributed by atoms with van der Waals surface area (Å²) in [5.74, 6) is 0.450. The van der Waals surface area contributed by atoms with Crippen molar-refractivity contribution in [3.05, 3.63) is 29.3 Å². The zero-order chi connectivity index (χ0) is 16.9. The smallest absolute Gasteiger partial charge is 0.336 e. The second-order valence-electron chi connectivity index (χ2n) is 6.13. The van der Waals surface area contributed by atoms with Crippen molar-refractivity contribution >= 4 is 17.5 Å². The van der Waals surface area contributed by atoms with E-state index < -0.39 is 0 Å². The molecule has 5 nitrogen and oxygen atoms in total. The molecule has 1 aromatic carbocycles. The summed E-state index contributed by atoms with van der Waals surface area (Å²) in [5.41, 5.74) is 0.696. The van der Waals surface area contributed by atoms with E-state index in [0.717, 1.165) is 32.1 Å². The highest BCUT2D eigenvalue weighted by molar-refractivity contribution is 6.33. The molecule has 0 spiro atoms. The lowest BCUT2D eigenvalue weighted by Gasteiger charge is -2.20. The Morgan fingerprint density at radius 1 is 1.29 bits per heavy atom. The second-order valence-corrected chi connectivity index (χ2v) is 6.54. The first kappa shape index (κ1) is 17.0. The summed E-state index contributed by atoms with van der Waals surface area (Å²) < 4.78 is 6.93. The number of hydrogen-bond acceptors (Lipinski definition) is 4. The van der Waals surface area contributed by atoms with Crippen molar-refractivity contribution in [2.24, 2.45) is 5.92 Å². The van der Waals surface area contributed by atoms with Crippen molar-refractivity contribution in [3.63, 3.8) is 0 Å². The molecule has 6 heteroatoms. The van der Waals surface area contributed by atoms with Crippen LogP contribution in [0.3, 0.4) is 0 Å². The summed E-state index contributed by atoms with van der Waals surface area (Å²) in [7, 11) is 0. The third kappa shape index (κ3) is 3.61. The molecule has 1 aliphatic rings. The summed E-state index contributed by atoms with van der Waals surface area (Å²) in [6.45, 7) is 2.53. The molecule has 1 heterocycles. The van der Waals surface area contributed by atoms with Crippen molar-refractivity contribution in [2.75, 3.05) is 6.61 Å². The van der Waals surface area contributed by atoms with Crippen LogP contribution in [0, 0.1) is 5.92 Å². The molecule has 0 bridgehead atoms. The van der Waals surface area contributed by atoms with Gasteiger partial charge in [-0.25, -0.2) is 0 Å². The highest BCUT2D eigenvalue weighted by Gasteiger charge is 2.27. The van der Waals surface area contributed by atoms with E-state index in [4.69, 9.17) is 16.3 Å². The SMILES string of the molecule is CCCOc1nc(-c2ccccc2Cl)n(C(=O)C2CCCCC2)n1. The molecule has 1 aliphatic carbocycles. The fourth-order valence-electron chi connectivity index (χ4n) is 3.04. The van der Waals surface area contributed by atoms with E-state index in [-0.39, 0.29) is 17.8 Å². The number of nitrogens with zero attached hydrogens (tertiary/aromatic N) is 3. The lowest BCUT2D eigenvalue weighted by Crippen LogP contribution is -2.25. The molecule has 0 aliphatic heterocycles. The van der Waals surface area contributed by atoms with Gasteiger partial charge in [0.15, 0.2) is 5.82 Å². The summed E-state index contributed by atoms with van der Waals surface area (Å²) in [5, 5.41) is 4.86. The lowest BCUT2D eigenvalue weighted by molar-refractivity contribution is 0.0784. The fourth-order valence-corrected chi connectivity index (χ4v) is 3.26. The van der Waals surface area contributed by atoms with Gasteiger partial charge < -0.3 is 4.74 Å². The maximum absolute atomic E-state index is 13.0. The Hall–Kier alpha value is -1.88. The summed E-state index contributed by atoms with van der Waals surface area (Å²) in [6.07, 6.45) is 6.05. The Labute approximate surface area is 147 Å². The van der Waals surface area contributed by atoms with Crippen LogP contribution in [0.25, 0.3) is 11.4 Å². The average molecular weight is 348 g/mol. The first-order valence-electron chi connectivity index (χ1n) is 8.59. The van der Waals surface area contributed by atoms with Gasteiger partial charge in [0, 0.05) is 11.5 Å². The van der Waals surface area contributed by atoms with Crippen LogP contribution in [0.15, 0.2) is 24.3 Å². The standard InChI is InChI=1S/C18H22ClN3O2/c1-2-12-24-18-20-16(14-10-6-7-11-15(14)19)22(21-18)17(23)13-8-4-3-5-9-13/h6-7,10-11,13H,2-5,8-9,12H2,1H3. The number of ether oxygens (including phenoxy) is 1. The van der Waals surface area contributed by atoms with Gasteiger partial charge in [-0.2, -0.15) is 9.67 Å². The molecule has 24 heavy (non-hydrogen) atoms. The minimum absolute atomic E-state index is 0.000660. The van der Waals surface area contributed by atoms with E-state index in [1.54, 1.807) is 6.07 Å². The van der Waals surface area contributed by atoms with Gasteiger partial charge in [0.25, 0.3) is 5.91 Å². The Morgan fingerprint density at radius 2 is 2.04 bits per heavy atom. The molecule has 0 radical (unpaired) electrons. The molecular formula is C18H22ClN3O2. The summed E-state index contributed by atoms with van der Waals surface area (Å²) in [4.78, 5) is 17.4. The van der Waals surface area contributed by atoms with Gasteiger partial charge in [-0.15, -0.1) is 5.10 Å². The van der Waals surface area contributed by atoms with Crippen LogP contribution in [-0.4, -0.2) is 27.3 Å². The van der Waals surface area contributed by atoms with E-state index in [2.05, 4.69) is 10.1 Å². The van der Waals surface area contributed by atoms with Gasteiger partial charge in [-0.05, 0) is 31.4 Å². The monoisotopic (exact) mass is 347 g/mol. The molecule has 0 unspecified atom stereocenters. The number of halogens is 1. The van der Waals surface area contributed by atoms with Crippen LogP contribution >= 0.6 is 11.6 Å². The topological polar surface area (TPSA) is 57.0 Å². The molecule has 1 aromatic heterocycles. The van der Waals surface area contributed by atoms with Crippen molar-refractivity contribution in [3.8, 4) is 17.4 Å². The van der Waals surface area contributed by atoms with Crippen LogP contribution < -0.4 is 4.74 Å². The number of carbonyl (C=O) groups excluding carboxylic acids is 1. The first-order valence-corrected chi connectivity index (χ1v) is 8.97. The molecule has 0 saturated heterocycles. The zero-order valence-electron chi connectivity index (χ0n) is 13.9. The van der Waals surface area contributed by atoms with Gasteiger partial charge in [-0.1, -0.05) is 49.9 Å². The number of rotatable bonds is 5. The lowest BCUT2D eigenvalue weighted by atomic mass is 9.88. The second kappa shape index (κ2) is 7.79. The molecule has 3 rings (SSSR count). The van der Waals surface area contributed by atoms with E-state index >= 15 is 0 Å². The van der Waals surface area contributed by atoms with Gasteiger partial charge >= 0.3 is 6.01 Å². The van der Waals surface area contributed by atoms with Crippen LogP contribution in [0.1, 0.15) is 50.2 Å². The van der Waals surface area contributed by atoms with E-state index in [1.165, 1.54) is 11.1 Å². The van der Waals surface area contributed by atoms with Crippen molar-refractivity contribution in [1.29, 1.82) is 0 Å². The maximum Gasteiger partial charge on any atom is 0.336 e. The highest BCUT2D eigenvalue weighted by Crippen LogP contribution is 2.30. The quantitative estimate of drug-likeness (QED) is 0.792. The van der Waals surface area contributed by atoms with Crippen LogP contribution in [-0.2, 0) is 0 Å². The van der Waals surface area contributed by atoms with Gasteiger partial charge in [0.1, 0.15) is 0 Å². The number of carbonyl (C=O) groups is 1. The molecular weight excluding hydrogens is 326 g/mol. The Balaban J connectivity index is 1.98. The molecule has 0 N–H and O–H groups in total. The largest absolute Gasteiger partial charge is 0.462 e. The van der Waals surface area contributed by atoms with Crippen molar-refractivity contribution in [2.45, 2.75) is 45.4 Å². The van der Waals surface area contributed by atoms with Gasteiger partial charge in [0.05, 0.1) is 11.6 Å². The minimum atomic E-state index is -0.0107. The van der Waals surface area contributed by atoms with E-state index in [1.807, 2.05) is 25.1 Å². The molecule has 0 amide bonds. The third-order valence-electron chi connectivity index (χ3n) is 4.30. The van der Waals surface area contributed by atoms with Crippen LogP contribution in [0.2, 0.25) is 5.02 Å². The highest BCUT2D eigenvalue weighted by atomic mass is 35.5. The summed E-state index contributed by atoms with van der Waals surface area (Å²) in [6, 6.07) is 7.59. The number of benzene rings is 1. The van der Waals surface area contributed by atoms with Crippen molar-refractivity contribution < 1.29 is 9.53 Å². The van der Waals surface area contributed by atoms with Gasteiger partial charge in [-0.3, -0.25) is 4.79 Å². The zero-order valence-corrected chi connectivity index (χ0v) is 14.6. The Bertz CT molecular complexity index is 708. The van der Waals surface area contributed by atoms with E-state index in [9.17, 15) is 4.79 Å². The first-order chi connectivity index (χ1) is 11.7. The Morgan fingerprint density at radius 3 is 2.75 bits per heavy atom. The average Bonchev–Trinajstić information content (AvgIpc) is 3.04. The molecule has 0 atom stereocenters. The van der Waals surface area contributed by atoms with Crippen LogP contribution in [0.5, 0.6) is 6.01 Å². The summed E-state index contributed by atoms with van der Waals surface area (Å²) >= 11 is 6.30. The number of aromatic nitrogens is 3. The van der Waals surface area contributed by atoms with Gasteiger partial charge in [0.2, 0.25) is 0 Å². The molecule has 1 saturated carbocycles. The van der Waals surface area contributed by atoms with Crippen molar-refractivity contribution in [1.82, 2.24) is 14.8 Å². The predicted octanol–water partition coefficient (Wildman–Crippen LogP) is 4.61. The minimum Gasteiger partial charge on any atom is -0.462 e. The Kier molecular flexibility index (Phi) is 5.51. The van der Waals surface area contributed by atoms with E-state index in [0.29, 0.717) is 23.0 Å². The normalized spacial score (nSPS) is 15.4. The molecule has 2 aromatic rings. The number of hydrogen-bond donors (Lipinski definition) is 0.